The van der Waals surface area contributed by atoms with E-state index in [0.29, 0.717) is 11.4 Å². The Morgan fingerprint density at radius 3 is 2.29 bits per heavy atom. The first kappa shape index (κ1) is 10.4. The maximum absolute atomic E-state index is 9.17. The maximum Gasteiger partial charge on any atom is 0.118 e. The molecule has 1 aliphatic rings. The van der Waals surface area contributed by atoms with Gasteiger partial charge in [-0.05, 0) is 35.4 Å². The molecule has 0 saturated carbocycles. The van der Waals surface area contributed by atoms with Crippen LogP contribution in [-0.2, 0) is 0 Å². The van der Waals surface area contributed by atoms with Crippen molar-refractivity contribution in [3.63, 3.8) is 0 Å². The monoisotopic (exact) mass is 288 g/mol. The van der Waals surface area contributed by atoms with E-state index in [9.17, 15) is 5.21 Å². The molecule has 3 rings (SSSR count). The van der Waals surface area contributed by atoms with Crippen molar-refractivity contribution >= 4 is 27.3 Å². The largest absolute Gasteiger partial charge is 0.410 e. The highest BCUT2D eigenvalue weighted by molar-refractivity contribution is 9.10. The minimum atomic E-state index is 0.573. The van der Waals surface area contributed by atoms with Gasteiger partial charge >= 0.3 is 0 Å². The van der Waals surface area contributed by atoms with E-state index in [0.717, 1.165) is 26.7 Å². The molecule has 0 unspecified atom stereocenters. The molecule has 0 saturated heterocycles. The Kier molecular flexibility index (Phi) is 2.19. The van der Waals surface area contributed by atoms with E-state index >= 15 is 0 Å². The summed E-state index contributed by atoms with van der Waals surface area (Å²) in [6, 6.07) is 11.6. The summed E-state index contributed by atoms with van der Waals surface area (Å²) in [5.74, 6) is 0. The number of hydrogen-bond donors (Lipinski definition) is 2. The van der Waals surface area contributed by atoms with Gasteiger partial charge in [-0.25, -0.2) is 0 Å². The number of fused-ring (bicyclic) bond motifs is 3. The van der Waals surface area contributed by atoms with E-state index in [1.807, 2.05) is 36.4 Å². The molecule has 84 valence electrons. The van der Waals surface area contributed by atoms with Crippen molar-refractivity contribution in [2.24, 2.45) is 5.16 Å². The first-order valence-electron chi connectivity index (χ1n) is 5.13. The Morgan fingerprint density at radius 1 is 0.941 bits per heavy atom. The van der Waals surface area contributed by atoms with Gasteiger partial charge in [0.15, 0.2) is 0 Å². The van der Waals surface area contributed by atoms with Crippen LogP contribution < -0.4 is 5.73 Å². The molecule has 2 aromatic carbocycles. The van der Waals surface area contributed by atoms with E-state index in [2.05, 4.69) is 21.1 Å². The third-order valence-electron chi connectivity index (χ3n) is 2.93. The molecule has 0 atom stereocenters. The summed E-state index contributed by atoms with van der Waals surface area (Å²) in [5.41, 5.74) is 10.9. The molecule has 0 spiro atoms. The molecule has 0 amide bonds. The molecule has 0 bridgehead atoms. The molecule has 0 aromatic heterocycles. The fourth-order valence-corrected chi connectivity index (χ4v) is 2.55. The lowest BCUT2D eigenvalue weighted by Gasteiger charge is -2.00. The number of oxime groups is 1. The van der Waals surface area contributed by atoms with Crippen LogP contribution in [0, 0.1) is 0 Å². The Balaban J connectivity index is 2.37. The number of nitrogens with two attached hydrogens (primary N) is 1. The zero-order valence-corrected chi connectivity index (χ0v) is 10.4. The van der Waals surface area contributed by atoms with E-state index in [1.54, 1.807) is 0 Å². The Morgan fingerprint density at radius 2 is 1.59 bits per heavy atom. The second-order valence-electron chi connectivity index (χ2n) is 3.94. The van der Waals surface area contributed by atoms with Gasteiger partial charge in [0.1, 0.15) is 5.71 Å². The first-order chi connectivity index (χ1) is 8.20. The minimum absolute atomic E-state index is 0.573. The molecule has 0 fully saturated rings. The lowest BCUT2D eigenvalue weighted by Crippen LogP contribution is -1.98. The third-order valence-corrected chi connectivity index (χ3v) is 3.42. The second kappa shape index (κ2) is 3.60. The van der Waals surface area contributed by atoms with Crippen LogP contribution in [0.3, 0.4) is 0 Å². The summed E-state index contributed by atoms with van der Waals surface area (Å²) in [7, 11) is 0. The third kappa shape index (κ3) is 1.45. The number of anilines is 1. The van der Waals surface area contributed by atoms with Crippen molar-refractivity contribution in [2.75, 3.05) is 5.73 Å². The van der Waals surface area contributed by atoms with Gasteiger partial charge in [-0.2, -0.15) is 0 Å². The van der Waals surface area contributed by atoms with Gasteiger partial charge in [0, 0.05) is 21.3 Å². The van der Waals surface area contributed by atoms with Crippen molar-refractivity contribution in [3.8, 4) is 11.1 Å². The summed E-state index contributed by atoms with van der Waals surface area (Å²) in [6.07, 6.45) is 0. The zero-order chi connectivity index (χ0) is 12.0. The summed E-state index contributed by atoms with van der Waals surface area (Å²) in [5, 5.41) is 12.6. The van der Waals surface area contributed by atoms with Crippen molar-refractivity contribution in [3.05, 3.63) is 52.0 Å². The fourth-order valence-electron chi connectivity index (χ4n) is 2.19. The van der Waals surface area contributed by atoms with Gasteiger partial charge in [0.05, 0.1) is 0 Å². The van der Waals surface area contributed by atoms with E-state index < -0.39 is 0 Å². The van der Waals surface area contributed by atoms with Crippen molar-refractivity contribution in [1.29, 1.82) is 0 Å². The van der Waals surface area contributed by atoms with Crippen LogP contribution in [0.25, 0.3) is 11.1 Å². The highest BCUT2D eigenvalue weighted by Gasteiger charge is 2.25. The molecular weight excluding hydrogens is 280 g/mol. The number of rotatable bonds is 0. The van der Waals surface area contributed by atoms with E-state index in [4.69, 9.17) is 5.73 Å². The van der Waals surface area contributed by atoms with E-state index in [1.165, 1.54) is 0 Å². The SMILES string of the molecule is Nc1ccc2c(c1)/C(=N\O)c1cc(Br)ccc1-2. The Hall–Kier alpha value is -1.81. The summed E-state index contributed by atoms with van der Waals surface area (Å²) in [4.78, 5) is 0. The van der Waals surface area contributed by atoms with Crippen molar-refractivity contribution in [1.82, 2.24) is 0 Å². The molecule has 1 aliphatic carbocycles. The quantitative estimate of drug-likeness (QED) is 0.379. The second-order valence-corrected chi connectivity index (χ2v) is 4.86. The van der Waals surface area contributed by atoms with Crippen molar-refractivity contribution < 1.29 is 5.21 Å². The van der Waals surface area contributed by atoms with Crippen LogP contribution in [0.15, 0.2) is 46.0 Å². The summed E-state index contributed by atoms with van der Waals surface area (Å²) >= 11 is 3.42. The van der Waals surface area contributed by atoms with Crippen LogP contribution in [0.4, 0.5) is 5.69 Å². The van der Waals surface area contributed by atoms with Crippen molar-refractivity contribution in [2.45, 2.75) is 0 Å². The number of hydrogen-bond acceptors (Lipinski definition) is 3. The topological polar surface area (TPSA) is 58.6 Å². The van der Waals surface area contributed by atoms with Gasteiger partial charge in [-0.1, -0.05) is 33.2 Å². The maximum atomic E-state index is 9.17. The average Bonchev–Trinajstić information content (AvgIpc) is 2.60. The van der Waals surface area contributed by atoms with Gasteiger partial charge in [0.2, 0.25) is 0 Å². The standard InChI is InChI=1S/C13H9BrN2O/c14-7-1-3-9-10-4-2-8(15)6-12(10)13(16-17)11(9)5-7/h1-6,17H,15H2/b16-13-. The average molecular weight is 289 g/mol. The molecule has 3 N–H and O–H groups in total. The normalized spacial score (nSPS) is 14.8. The Bertz CT molecular complexity index is 596. The van der Waals surface area contributed by atoms with Crippen LogP contribution >= 0.6 is 15.9 Å². The minimum Gasteiger partial charge on any atom is -0.410 e. The zero-order valence-electron chi connectivity index (χ0n) is 8.81. The Labute approximate surface area is 107 Å². The van der Waals surface area contributed by atoms with Crippen LogP contribution in [-0.4, -0.2) is 10.9 Å². The molecule has 0 radical (unpaired) electrons. The predicted octanol–water partition coefficient (Wildman–Crippen LogP) is 3.24. The van der Waals surface area contributed by atoms with Gasteiger partial charge < -0.3 is 10.9 Å². The van der Waals surface area contributed by atoms with E-state index in [-0.39, 0.29) is 0 Å². The van der Waals surface area contributed by atoms with Crippen LogP contribution in [0.1, 0.15) is 11.1 Å². The molecule has 0 heterocycles. The number of nitrogen functional groups attached to an aromatic ring is 1. The van der Waals surface area contributed by atoms with Crippen LogP contribution in [0.2, 0.25) is 0 Å². The highest BCUT2D eigenvalue weighted by atomic mass is 79.9. The highest BCUT2D eigenvalue weighted by Crippen LogP contribution is 2.38. The summed E-state index contributed by atoms with van der Waals surface area (Å²) < 4.78 is 0.957. The molecule has 2 aromatic rings. The number of halogens is 1. The molecule has 3 nitrogen and oxygen atoms in total. The molecule has 4 heteroatoms. The molecular formula is C13H9BrN2O. The smallest absolute Gasteiger partial charge is 0.118 e. The van der Waals surface area contributed by atoms with Crippen LogP contribution in [0.5, 0.6) is 0 Å². The lowest BCUT2D eigenvalue weighted by molar-refractivity contribution is 0.320. The first-order valence-corrected chi connectivity index (χ1v) is 5.92. The van der Waals surface area contributed by atoms with Gasteiger partial charge in [0.25, 0.3) is 0 Å². The fraction of sp³-hybridized carbons (Fsp3) is 0. The van der Waals surface area contributed by atoms with Gasteiger partial charge in [-0.15, -0.1) is 0 Å². The lowest BCUT2D eigenvalue weighted by atomic mass is 10.1. The molecule has 0 aliphatic heterocycles. The predicted molar refractivity (Wildman–Crippen MR) is 71.4 cm³/mol. The number of nitrogens with zero attached hydrogens (tertiary/aromatic N) is 1. The van der Waals surface area contributed by atoms with Gasteiger partial charge in [-0.3, -0.25) is 0 Å². The molecule has 17 heavy (non-hydrogen) atoms. The number of benzene rings is 2. The summed E-state index contributed by atoms with van der Waals surface area (Å²) in [6.45, 7) is 0.